The van der Waals surface area contributed by atoms with Gasteiger partial charge in [0.05, 0.1) is 4.90 Å². The Balaban J connectivity index is 2.31. The van der Waals surface area contributed by atoms with E-state index in [1.54, 1.807) is 12.1 Å². The zero-order valence-corrected chi connectivity index (χ0v) is 13.7. The van der Waals surface area contributed by atoms with E-state index in [0.29, 0.717) is 18.2 Å². The molecule has 0 amide bonds. The summed E-state index contributed by atoms with van der Waals surface area (Å²) < 4.78 is 28.1. The molecular formula is C15H25NO4S. The van der Waals surface area contributed by atoms with E-state index in [1.807, 2.05) is 0 Å². The van der Waals surface area contributed by atoms with E-state index < -0.39 is 15.9 Å². The molecule has 1 rings (SSSR count). The molecule has 0 fully saturated rings. The summed E-state index contributed by atoms with van der Waals surface area (Å²) in [7, 11) is -3.19. The highest BCUT2D eigenvalue weighted by Crippen LogP contribution is 2.15. The normalized spacial score (nSPS) is 13.4. The van der Waals surface area contributed by atoms with Crippen LogP contribution in [0.25, 0.3) is 0 Å². The molecule has 0 heterocycles. The number of rotatable bonds is 9. The van der Waals surface area contributed by atoms with Crippen molar-refractivity contribution in [3.8, 4) is 5.75 Å². The molecule has 0 saturated carbocycles. The van der Waals surface area contributed by atoms with Crippen LogP contribution in [-0.4, -0.2) is 45.6 Å². The first-order chi connectivity index (χ1) is 9.79. The van der Waals surface area contributed by atoms with Gasteiger partial charge in [-0.15, -0.1) is 0 Å². The molecule has 120 valence electrons. The van der Waals surface area contributed by atoms with Crippen molar-refractivity contribution in [3.63, 3.8) is 0 Å². The van der Waals surface area contributed by atoms with E-state index in [1.165, 1.54) is 12.1 Å². The zero-order chi connectivity index (χ0) is 15.9. The van der Waals surface area contributed by atoms with Crippen molar-refractivity contribution >= 4 is 9.84 Å². The van der Waals surface area contributed by atoms with E-state index in [4.69, 9.17) is 4.74 Å². The summed E-state index contributed by atoms with van der Waals surface area (Å²) in [6, 6.07) is 6.18. The molecule has 0 aliphatic heterocycles. The molecule has 1 aromatic carbocycles. The predicted molar refractivity (Wildman–Crippen MR) is 83.4 cm³/mol. The second-order valence-corrected chi connectivity index (χ2v) is 7.61. The summed E-state index contributed by atoms with van der Waals surface area (Å²) in [5, 5.41) is 12.9. The van der Waals surface area contributed by atoms with Crippen LogP contribution in [0.4, 0.5) is 0 Å². The number of benzene rings is 1. The fourth-order valence-corrected chi connectivity index (χ4v) is 2.32. The van der Waals surface area contributed by atoms with Gasteiger partial charge in [0.2, 0.25) is 0 Å². The second-order valence-electron chi connectivity index (χ2n) is 5.60. The Morgan fingerprint density at radius 3 is 2.38 bits per heavy atom. The number of hydrogen-bond acceptors (Lipinski definition) is 5. The molecule has 0 spiro atoms. The average molecular weight is 315 g/mol. The van der Waals surface area contributed by atoms with Crippen molar-refractivity contribution in [2.75, 3.05) is 26.0 Å². The van der Waals surface area contributed by atoms with Crippen molar-refractivity contribution in [2.24, 2.45) is 5.92 Å². The van der Waals surface area contributed by atoms with Crippen LogP contribution in [0.2, 0.25) is 0 Å². The van der Waals surface area contributed by atoms with Crippen molar-refractivity contribution in [2.45, 2.75) is 31.3 Å². The fourth-order valence-electron chi connectivity index (χ4n) is 1.69. The summed E-state index contributed by atoms with van der Waals surface area (Å²) in [5.41, 5.74) is 0. The van der Waals surface area contributed by atoms with E-state index in [2.05, 4.69) is 19.2 Å². The summed E-state index contributed by atoms with van der Waals surface area (Å²) in [6.45, 7) is 5.83. The largest absolute Gasteiger partial charge is 0.491 e. The lowest BCUT2D eigenvalue weighted by Crippen LogP contribution is -2.32. The standard InChI is InChI=1S/C15H25NO4S/c1-12(2)8-9-16-10-13(17)11-20-14-4-6-15(7-5-14)21(3,18)19/h4-7,12-13,16-17H,8-11H2,1-3H3. The lowest BCUT2D eigenvalue weighted by Gasteiger charge is -2.14. The third-order valence-electron chi connectivity index (χ3n) is 2.97. The van der Waals surface area contributed by atoms with Crippen LogP contribution < -0.4 is 10.1 Å². The fraction of sp³-hybridized carbons (Fsp3) is 0.600. The number of sulfone groups is 1. The van der Waals surface area contributed by atoms with Gasteiger partial charge < -0.3 is 15.2 Å². The van der Waals surface area contributed by atoms with Crippen LogP contribution in [0.1, 0.15) is 20.3 Å². The highest BCUT2D eigenvalue weighted by Gasteiger charge is 2.08. The van der Waals surface area contributed by atoms with Crippen molar-refractivity contribution < 1.29 is 18.3 Å². The first-order valence-electron chi connectivity index (χ1n) is 7.10. The van der Waals surface area contributed by atoms with Gasteiger partial charge in [0.1, 0.15) is 18.5 Å². The minimum Gasteiger partial charge on any atom is -0.491 e. The van der Waals surface area contributed by atoms with Gasteiger partial charge in [0.15, 0.2) is 9.84 Å². The highest BCUT2D eigenvalue weighted by molar-refractivity contribution is 7.90. The maximum atomic E-state index is 11.3. The maximum absolute atomic E-state index is 11.3. The van der Waals surface area contributed by atoms with Gasteiger partial charge in [-0.25, -0.2) is 8.42 Å². The minimum atomic E-state index is -3.19. The summed E-state index contributed by atoms with van der Waals surface area (Å²) in [4.78, 5) is 0.255. The SMILES string of the molecule is CC(C)CCNCC(O)COc1ccc(S(C)(=O)=O)cc1. The van der Waals surface area contributed by atoms with Crippen LogP contribution in [0, 0.1) is 5.92 Å². The van der Waals surface area contributed by atoms with E-state index >= 15 is 0 Å². The molecule has 21 heavy (non-hydrogen) atoms. The minimum absolute atomic E-state index is 0.174. The molecule has 0 aliphatic rings. The Bertz CT molecular complexity index is 511. The molecule has 6 heteroatoms. The van der Waals surface area contributed by atoms with Crippen LogP contribution in [0.3, 0.4) is 0 Å². The molecule has 0 radical (unpaired) electrons. The summed E-state index contributed by atoms with van der Waals surface area (Å²) in [6.07, 6.45) is 1.64. The van der Waals surface area contributed by atoms with E-state index in [9.17, 15) is 13.5 Å². The average Bonchev–Trinajstić information content (AvgIpc) is 2.40. The summed E-state index contributed by atoms with van der Waals surface area (Å²) in [5.74, 6) is 1.18. The monoisotopic (exact) mass is 315 g/mol. The number of aliphatic hydroxyl groups excluding tert-OH is 1. The molecule has 1 aromatic rings. The van der Waals surface area contributed by atoms with Gasteiger partial charge in [-0.2, -0.15) is 0 Å². The van der Waals surface area contributed by atoms with E-state index in [0.717, 1.165) is 19.2 Å². The van der Waals surface area contributed by atoms with Crippen LogP contribution in [0.5, 0.6) is 5.75 Å². The first kappa shape index (κ1) is 17.9. The number of ether oxygens (including phenoxy) is 1. The van der Waals surface area contributed by atoms with Gasteiger partial charge in [0, 0.05) is 12.8 Å². The molecule has 2 N–H and O–H groups in total. The molecule has 1 atom stereocenters. The number of aliphatic hydroxyl groups is 1. The Hall–Kier alpha value is -1.11. The van der Waals surface area contributed by atoms with Gasteiger partial charge >= 0.3 is 0 Å². The molecule has 1 unspecified atom stereocenters. The van der Waals surface area contributed by atoms with E-state index in [-0.39, 0.29) is 11.5 Å². The molecule has 0 bridgehead atoms. The van der Waals surface area contributed by atoms with Crippen molar-refractivity contribution in [1.29, 1.82) is 0 Å². The highest BCUT2D eigenvalue weighted by atomic mass is 32.2. The van der Waals surface area contributed by atoms with Crippen LogP contribution in [0.15, 0.2) is 29.2 Å². The van der Waals surface area contributed by atoms with Crippen molar-refractivity contribution in [1.82, 2.24) is 5.32 Å². The maximum Gasteiger partial charge on any atom is 0.175 e. The molecular weight excluding hydrogens is 290 g/mol. The quantitative estimate of drug-likeness (QED) is 0.675. The third kappa shape index (κ3) is 7.45. The van der Waals surface area contributed by atoms with Gasteiger partial charge in [-0.1, -0.05) is 13.8 Å². The molecule has 0 aliphatic carbocycles. The van der Waals surface area contributed by atoms with Gasteiger partial charge in [0.25, 0.3) is 0 Å². The number of hydrogen-bond donors (Lipinski definition) is 2. The van der Waals surface area contributed by atoms with Gasteiger partial charge in [-0.05, 0) is 43.1 Å². The lowest BCUT2D eigenvalue weighted by molar-refractivity contribution is 0.106. The third-order valence-corrected chi connectivity index (χ3v) is 4.10. The van der Waals surface area contributed by atoms with Crippen LogP contribution in [-0.2, 0) is 9.84 Å². The molecule has 0 saturated heterocycles. The Morgan fingerprint density at radius 1 is 1.24 bits per heavy atom. The zero-order valence-electron chi connectivity index (χ0n) is 12.9. The predicted octanol–water partition coefficient (Wildman–Crippen LogP) is 1.47. The summed E-state index contributed by atoms with van der Waals surface area (Å²) >= 11 is 0. The second kappa shape index (κ2) is 8.36. The lowest BCUT2D eigenvalue weighted by atomic mass is 10.1. The Kier molecular flexibility index (Phi) is 7.14. The van der Waals surface area contributed by atoms with Crippen LogP contribution >= 0.6 is 0 Å². The smallest absolute Gasteiger partial charge is 0.175 e. The number of nitrogens with one attached hydrogen (secondary N) is 1. The topological polar surface area (TPSA) is 75.6 Å². The Morgan fingerprint density at radius 2 is 1.86 bits per heavy atom. The molecule has 0 aromatic heterocycles. The first-order valence-corrected chi connectivity index (χ1v) is 9.00. The molecule has 5 nitrogen and oxygen atoms in total. The Labute approximate surface area is 127 Å². The van der Waals surface area contributed by atoms with Crippen molar-refractivity contribution in [3.05, 3.63) is 24.3 Å². The van der Waals surface area contributed by atoms with Gasteiger partial charge in [-0.3, -0.25) is 0 Å².